The molecular formula is C11H18N2O2. The number of hydrogen-bond acceptors (Lipinski definition) is 2. The lowest BCUT2D eigenvalue weighted by Crippen LogP contribution is -2.36. The maximum Gasteiger partial charge on any atom is 0.237 e. The molecule has 0 bridgehead atoms. The van der Waals surface area contributed by atoms with Crippen molar-refractivity contribution in [2.75, 3.05) is 13.1 Å². The number of likely N-dealkylation sites (tertiary alicyclic amines) is 1. The molecule has 0 radical (unpaired) electrons. The predicted octanol–water partition coefficient (Wildman–Crippen LogP) is 0.654. The molecule has 1 spiro atoms. The first-order chi connectivity index (χ1) is 7.11. The number of hydrogen-bond donors (Lipinski definition) is 1. The third-order valence-electron chi connectivity index (χ3n) is 3.67. The highest BCUT2D eigenvalue weighted by Crippen LogP contribution is 2.43. The highest BCUT2D eigenvalue weighted by molar-refractivity contribution is 5.85. The Morgan fingerprint density at radius 3 is 2.60 bits per heavy atom. The van der Waals surface area contributed by atoms with E-state index in [0.29, 0.717) is 6.42 Å². The van der Waals surface area contributed by atoms with Gasteiger partial charge in [-0.05, 0) is 18.3 Å². The molecule has 1 heterocycles. The van der Waals surface area contributed by atoms with Crippen molar-refractivity contribution in [3.05, 3.63) is 0 Å². The Kier molecular flexibility index (Phi) is 2.67. The van der Waals surface area contributed by atoms with E-state index in [0.717, 1.165) is 19.4 Å². The Hall–Kier alpha value is -1.06. The lowest BCUT2D eigenvalue weighted by Gasteiger charge is -2.32. The van der Waals surface area contributed by atoms with Crippen molar-refractivity contribution >= 4 is 11.8 Å². The van der Waals surface area contributed by atoms with Gasteiger partial charge in [0.2, 0.25) is 11.8 Å². The summed E-state index contributed by atoms with van der Waals surface area (Å²) in [5.41, 5.74) is 5.29. The van der Waals surface area contributed by atoms with Gasteiger partial charge < -0.3 is 10.6 Å². The second-order valence-electron chi connectivity index (χ2n) is 4.95. The fourth-order valence-electron chi connectivity index (χ4n) is 2.95. The van der Waals surface area contributed by atoms with Gasteiger partial charge in [0.15, 0.2) is 0 Å². The predicted molar refractivity (Wildman–Crippen MR) is 55.9 cm³/mol. The summed E-state index contributed by atoms with van der Waals surface area (Å²) in [6.07, 6.45) is 6.61. The Labute approximate surface area is 89.8 Å². The van der Waals surface area contributed by atoms with Gasteiger partial charge in [0.25, 0.3) is 0 Å². The smallest absolute Gasteiger partial charge is 0.237 e. The molecule has 2 rings (SSSR count). The van der Waals surface area contributed by atoms with E-state index in [4.69, 9.17) is 5.73 Å². The first-order valence-electron chi connectivity index (χ1n) is 5.67. The fourth-order valence-corrected chi connectivity index (χ4v) is 2.95. The second kappa shape index (κ2) is 3.83. The van der Waals surface area contributed by atoms with Crippen LogP contribution in [0.1, 0.15) is 38.5 Å². The van der Waals surface area contributed by atoms with Crippen LogP contribution in [0.5, 0.6) is 0 Å². The van der Waals surface area contributed by atoms with E-state index in [1.807, 2.05) is 0 Å². The molecule has 2 amide bonds. The van der Waals surface area contributed by atoms with Gasteiger partial charge in [-0.2, -0.15) is 0 Å². The third kappa shape index (κ3) is 2.13. The first kappa shape index (κ1) is 10.5. The number of primary amides is 1. The lowest BCUT2D eigenvalue weighted by atomic mass is 9.73. The van der Waals surface area contributed by atoms with E-state index in [9.17, 15) is 9.59 Å². The maximum absolute atomic E-state index is 11.7. The van der Waals surface area contributed by atoms with Gasteiger partial charge in [0, 0.05) is 13.0 Å². The van der Waals surface area contributed by atoms with E-state index in [1.54, 1.807) is 4.90 Å². The minimum Gasteiger partial charge on any atom is -0.368 e. The molecule has 4 heteroatoms. The molecule has 0 aromatic rings. The van der Waals surface area contributed by atoms with Gasteiger partial charge in [-0.1, -0.05) is 19.3 Å². The van der Waals surface area contributed by atoms with Crippen LogP contribution in [0.2, 0.25) is 0 Å². The van der Waals surface area contributed by atoms with Crippen molar-refractivity contribution in [2.45, 2.75) is 38.5 Å². The molecule has 84 valence electrons. The largest absolute Gasteiger partial charge is 0.368 e. The molecule has 1 saturated carbocycles. The number of carbonyl (C=O) groups excluding carboxylic acids is 2. The van der Waals surface area contributed by atoms with E-state index in [1.165, 1.54) is 19.3 Å². The Morgan fingerprint density at radius 1 is 1.33 bits per heavy atom. The zero-order valence-electron chi connectivity index (χ0n) is 9.00. The van der Waals surface area contributed by atoms with Crippen molar-refractivity contribution in [1.29, 1.82) is 0 Å². The van der Waals surface area contributed by atoms with Gasteiger partial charge in [-0.15, -0.1) is 0 Å². The normalized spacial score (nSPS) is 24.8. The highest BCUT2D eigenvalue weighted by Gasteiger charge is 2.43. The summed E-state index contributed by atoms with van der Waals surface area (Å²) in [6.45, 7) is 0.843. The van der Waals surface area contributed by atoms with Crippen LogP contribution in [0.15, 0.2) is 0 Å². The second-order valence-corrected chi connectivity index (χ2v) is 4.95. The molecule has 0 atom stereocenters. The summed E-state index contributed by atoms with van der Waals surface area (Å²) in [5, 5.41) is 0. The molecule has 0 aromatic heterocycles. The molecule has 0 unspecified atom stereocenters. The zero-order chi connectivity index (χ0) is 10.9. The minimum absolute atomic E-state index is 0.0978. The summed E-state index contributed by atoms with van der Waals surface area (Å²) in [6, 6.07) is 0. The van der Waals surface area contributed by atoms with E-state index in [2.05, 4.69) is 0 Å². The summed E-state index contributed by atoms with van der Waals surface area (Å²) in [4.78, 5) is 24.1. The quantitative estimate of drug-likeness (QED) is 0.727. The average molecular weight is 210 g/mol. The molecule has 15 heavy (non-hydrogen) atoms. The van der Waals surface area contributed by atoms with Crippen molar-refractivity contribution in [2.24, 2.45) is 11.1 Å². The Balaban J connectivity index is 2.01. The third-order valence-corrected chi connectivity index (χ3v) is 3.67. The number of rotatable bonds is 2. The van der Waals surface area contributed by atoms with Gasteiger partial charge in [-0.3, -0.25) is 9.59 Å². The van der Waals surface area contributed by atoms with Gasteiger partial charge in [0.05, 0.1) is 6.54 Å². The van der Waals surface area contributed by atoms with Crippen molar-refractivity contribution < 1.29 is 9.59 Å². The van der Waals surface area contributed by atoms with Crippen molar-refractivity contribution in [3.63, 3.8) is 0 Å². The van der Waals surface area contributed by atoms with Crippen LogP contribution in [0.3, 0.4) is 0 Å². The van der Waals surface area contributed by atoms with Crippen LogP contribution in [0.25, 0.3) is 0 Å². The Morgan fingerprint density at radius 2 is 2.00 bits per heavy atom. The van der Waals surface area contributed by atoms with Gasteiger partial charge >= 0.3 is 0 Å². The topological polar surface area (TPSA) is 63.4 Å². The standard InChI is InChI=1S/C11H18N2O2/c12-9(14)7-13-8-11(6-10(13)15)4-2-1-3-5-11/h1-8H2,(H2,12,14). The Bertz CT molecular complexity index is 282. The van der Waals surface area contributed by atoms with Gasteiger partial charge in [-0.25, -0.2) is 0 Å². The summed E-state index contributed by atoms with van der Waals surface area (Å²) >= 11 is 0. The molecule has 1 aliphatic carbocycles. The number of amides is 2. The first-order valence-corrected chi connectivity index (χ1v) is 5.67. The van der Waals surface area contributed by atoms with Crippen molar-refractivity contribution in [1.82, 2.24) is 4.90 Å². The van der Waals surface area contributed by atoms with E-state index < -0.39 is 5.91 Å². The van der Waals surface area contributed by atoms with Gasteiger partial charge in [0.1, 0.15) is 0 Å². The molecule has 2 aliphatic rings. The molecule has 2 fully saturated rings. The van der Waals surface area contributed by atoms with Crippen LogP contribution in [0, 0.1) is 5.41 Å². The number of nitrogens with two attached hydrogens (primary N) is 1. The lowest BCUT2D eigenvalue weighted by molar-refractivity contribution is -0.132. The zero-order valence-corrected chi connectivity index (χ0v) is 9.00. The summed E-state index contributed by atoms with van der Waals surface area (Å²) in [7, 11) is 0. The average Bonchev–Trinajstić information content (AvgIpc) is 2.43. The minimum atomic E-state index is -0.406. The maximum atomic E-state index is 11.7. The fraction of sp³-hybridized carbons (Fsp3) is 0.818. The summed E-state index contributed by atoms with van der Waals surface area (Å²) < 4.78 is 0. The molecule has 4 nitrogen and oxygen atoms in total. The highest BCUT2D eigenvalue weighted by atomic mass is 16.2. The van der Waals surface area contributed by atoms with Crippen LogP contribution in [-0.2, 0) is 9.59 Å². The van der Waals surface area contributed by atoms with Crippen LogP contribution in [0.4, 0.5) is 0 Å². The van der Waals surface area contributed by atoms with E-state index >= 15 is 0 Å². The van der Waals surface area contributed by atoms with Crippen LogP contribution < -0.4 is 5.73 Å². The van der Waals surface area contributed by atoms with Crippen molar-refractivity contribution in [3.8, 4) is 0 Å². The van der Waals surface area contributed by atoms with E-state index in [-0.39, 0.29) is 17.9 Å². The number of nitrogens with zero attached hydrogens (tertiary/aromatic N) is 1. The molecule has 0 aromatic carbocycles. The monoisotopic (exact) mass is 210 g/mol. The number of carbonyl (C=O) groups is 2. The molecular weight excluding hydrogens is 192 g/mol. The van der Waals surface area contributed by atoms with Crippen LogP contribution in [-0.4, -0.2) is 29.8 Å². The summed E-state index contributed by atoms with van der Waals surface area (Å²) in [5.74, 6) is -0.299. The molecule has 1 aliphatic heterocycles. The molecule has 2 N–H and O–H groups in total. The van der Waals surface area contributed by atoms with Crippen LogP contribution >= 0.6 is 0 Å². The SMILES string of the molecule is NC(=O)CN1CC2(CCCCC2)CC1=O. The molecule has 1 saturated heterocycles.